The quantitative estimate of drug-likeness (QED) is 0.338. The molecule has 3 unspecified atom stereocenters. The van der Waals surface area contributed by atoms with Crippen molar-refractivity contribution in [1.29, 1.82) is 0 Å². The van der Waals surface area contributed by atoms with Crippen molar-refractivity contribution < 1.29 is 13.2 Å². The fourth-order valence-electron chi connectivity index (χ4n) is 3.48. The van der Waals surface area contributed by atoms with Crippen LogP contribution in [0.4, 0.5) is 13.2 Å². The summed E-state index contributed by atoms with van der Waals surface area (Å²) in [5.41, 5.74) is 0. The first-order valence-corrected chi connectivity index (χ1v) is 10.0. The van der Waals surface area contributed by atoms with E-state index in [2.05, 4.69) is 21.9 Å². The summed E-state index contributed by atoms with van der Waals surface area (Å²) in [6, 6.07) is 0.450. The third-order valence-electron chi connectivity index (χ3n) is 4.68. The highest BCUT2D eigenvalue weighted by molar-refractivity contribution is 14.0. The summed E-state index contributed by atoms with van der Waals surface area (Å²) in [6.07, 6.45) is 2.36. The lowest BCUT2D eigenvalue weighted by Crippen LogP contribution is -2.43. The molecule has 2 N–H and O–H groups in total. The monoisotopic (exact) mass is 494 g/mol. The highest BCUT2D eigenvalue weighted by Crippen LogP contribution is 2.28. The molecule has 0 radical (unpaired) electrons. The van der Waals surface area contributed by atoms with Gasteiger partial charge in [-0.2, -0.15) is 24.9 Å². The van der Waals surface area contributed by atoms with Crippen molar-refractivity contribution in [2.45, 2.75) is 50.1 Å². The van der Waals surface area contributed by atoms with E-state index in [1.807, 2.05) is 18.7 Å². The second-order valence-corrected chi connectivity index (χ2v) is 7.87. The van der Waals surface area contributed by atoms with Gasteiger partial charge in [-0.15, -0.1) is 24.0 Å². The molecule has 1 heterocycles. The molecule has 0 spiro atoms. The molecule has 1 aliphatic carbocycles. The molecule has 9 heteroatoms. The zero-order chi connectivity index (χ0) is 17.6. The predicted molar refractivity (Wildman–Crippen MR) is 110 cm³/mol. The SMILES string of the molecule is CCNC(=NCC1CCN(CC(F)(F)F)C1)NC1CCC(SC)C1.I. The van der Waals surface area contributed by atoms with Gasteiger partial charge in [-0.25, -0.2) is 0 Å². The Morgan fingerprint density at radius 3 is 2.64 bits per heavy atom. The summed E-state index contributed by atoms with van der Waals surface area (Å²) >= 11 is 1.92. The molecule has 1 aliphatic heterocycles. The van der Waals surface area contributed by atoms with Gasteiger partial charge in [0.25, 0.3) is 0 Å². The lowest BCUT2D eigenvalue weighted by molar-refractivity contribution is -0.143. The van der Waals surface area contributed by atoms with Crippen molar-refractivity contribution in [3.63, 3.8) is 0 Å². The summed E-state index contributed by atoms with van der Waals surface area (Å²) < 4.78 is 37.3. The number of hydrogen-bond acceptors (Lipinski definition) is 3. The highest BCUT2D eigenvalue weighted by atomic mass is 127. The molecule has 0 amide bonds. The topological polar surface area (TPSA) is 39.7 Å². The maximum Gasteiger partial charge on any atom is 0.401 e. The third kappa shape index (κ3) is 8.55. The molecule has 2 aliphatic rings. The van der Waals surface area contributed by atoms with Crippen LogP contribution in [-0.2, 0) is 0 Å². The van der Waals surface area contributed by atoms with Crippen LogP contribution in [0.15, 0.2) is 4.99 Å². The molecule has 2 rings (SSSR count). The van der Waals surface area contributed by atoms with Crippen LogP contribution < -0.4 is 10.6 Å². The lowest BCUT2D eigenvalue weighted by Gasteiger charge is -2.19. The Labute approximate surface area is 170 Å². The Bertz CT molecular complexity index is 423. The number of nitrogens with one attached hydrogen (secondary N) is 2. The van der Waals surface area contributed by atoms with Gasteiger partial charge in [-0.05, 0) is 51.3 Å². The summed E-state index contributed by atoms with van der Waals surface area (Å²) in [7, 11) is 0. The molecular formula is C16H30F3IN4S. The van der Waals surface area contributed by atoms with Crippen LogP contribution in [0.3, 0.4) is 0 Å². The first-order valence-electron chi connectivity index (χ1n) is 8.76. The highest BCUT2D eigenvalue weighted by Gasteiger charge is 2.34. The Kier molecular flexibility index (Phi) is 10.2. The van der Waals surface area contributed by atoms with Crippen LogP contribution >= 0.6 is 35.7 Å². The number of likely N-dealkylation sites (tertiary alicyclic amines) is 1. The minimum atomic E-state index is -4.11. The van der Waals surface area contributed by atoms with Crippen LogP contribution in [0.25, 0.3) is 0 Å². The molecule has 25 heavy (non-hydrogen) atoms. The summed E-state index contributed by atoms with van der Waals surface area (Å²) in [4.78, 5) is 6.11. The number of rotatable bonds is 6. The zero-order valence-corrected chi connectivity index (χ0v) is 18.1. The second-order valence-electron chi connectivity index (χ2n) is 6.74. The molecule has 0 aromatic rings. The molecule has 1 saturated heterocycles. The fraction of sp³-hybridized carbons (Fsp3) is 0.938. The van der Waals surface area contributed by atoms with Gasteiger partial charge in [0.2, 0.25) is 0 Å². The average Bonchev–Trinajstić information content (AvgIpc) is 3.12. The Balaban J connectivity index is 0.00000312. The van der Waals surface area contributed by atoms with E-state index >= 15 is 0 Å². The number of alkyl halides is 3. The average molecular weight is 494 g/mol. The Morgan fingerprint density at radius 2 is 2.04 bits per heavy atom. The van der Waals surface area contributed by atoms with E-state index in [-0.39, 0.29) is 29.9 Å². The maximum absolute atomic E-state index is 12.4. The van der Waals surface area contributed by atoms with Gasteiger partial charge in [0.1, 0.15) is 0 Å². The van der Waals surface area contributed by atoms with Crippen LogP contribution in [-0.4, -0.2) is 67.3 Å². The van der Waals surface area contributed by atoms with E-state index in [0.29, 0.717) is 25.7 Å². The third-order valence-corrected chi connectivity index (χ3v) is 5.78. The smallest absolute Gasteiger partial charge is 0.357 e. The van der Waals surface area contributed by atoms with E-state index in [0.717, 1.165) is 37.0 Å². The standard InChI is InChI=1S/C16H29F3N4S.HI/c1-3-20-15(22-13-4-5-14(8-13)24-2)21-9-12-6-7-23(10-12)11-16(17,18)19;/h12-14H,3-11H2,1-2H3,(H2,20,21,22);1H. The van der Waals surface area contributed by atoms with Gasteiger partial charge in [-0.1, -0.05) is 0 Å². The van der Waals surface area contributed by atoms with Crippen molar-refractivity contribution in [2.24, 2.45) is 10.9 Å². The normalized spacial score (nSPS) is 28.0. The van der Waals surface area contributed by atoms with Gasteiger partial charge in [-0.3, -0.25) is 9.89 Å². The number of halogens is 4. The molecular weight excluding hydrogens is 464 g/mol. The van der Waals surface area contributed by atoms with Crippen molar-refractivity contribution in [1.82, 2.24) is 15.5 Å². The summed E-state index contributed by atoms with van der Waals surface area (Å²) in [5, 5.41) is 7.46. The van der Waals surface area contributed by atoms with Gasteiger partial charge in [0.05, 0.1) is 6.54 Å². The van der Waals surface area contributed by atoms with E-state index in [4.69, 9.17) is 0 Å². The minimum absolute atomic E-state index is 0. The Morgan fingerprint density at radius 1 is 1.28 bits per heavy atom. The minimum Gasteiger partial charge on any atom is -0.357 e. The van der Waals surface area contributed by atoms with Gasteiger partial charge in [0, 0.05) is 30.9 Å². The van der Waals surface area contributed by atoms with E-state index in [1.165, 1.54) is 11.3 Å². The molecule has 0 aromatic carbocycles. The second kappa shape index (κ2) is 11.1. The molecule has 0 aromatic heterocycles. The molecule has 1 saturated carbocycles. The molecule has 0 bridgehead atoms. The first kappa shape index (κ1) is 23.1. The lowest BCUT2D eigenvalue weighted by atomic mass is 10.1. The zero-order valence-electron chi connectivity index (χ0n) is 14.9. The molecule has 4 nitrogen and oxygen atoms in total. The van der Waals surface area contributed by atoms with Gasteiger partial charge >= 0.3 is 6.18 Å². The van der Waals surface area contributed by atoms with Crippen molar-refractivity contribution in [3.8, 4) is 0 Å². The predicted octanol–water partition coefficient (Wildman–Crippen LogP) is 3.33. The van der Waals surface area contributed by atoms with Gasteiger partial charge in [0.15, 0.2) is 5.96 Å². The van der Waals surface area contributed by atoms with E-state index < -0.39 is 12.7 Å². The number of nitrogens with zero attached hydrogens (tertiary/aromatic N) is 2. The van der Waals surface area contributed by atoms with Crippen LogP contribution in [0, 0.1) is 5.92 Å². The van der Waals surface area contributed by atoms with Crippen LogP contribution in [0.1, 0.15) is 32.6 Å². The van der Waals surface area contributed by atoms with Crippen molar-refractivity contribution in [2.75, 3.05) is 39.0 Å². The van der Waals surface area contributed by atoms with Crippen LogP contribution in [0.5, 0.6) is 0 Å². The van der Waals surface area contributed by atoms with E-state index in [9.17, 15) is 13.2 Å². The van der Waals surface area contributed by atoms with E-state index in [1.54, 1.807) is 0 Å². The maximum atomic E-state index is 12.4. The molecule has 3 atom stereocenters. The van der Waals surface area contributed by atoms with Crippen molar-refractivity contribution in [3.05, 3.63) is 0 Å². The summed E-state index contributed by atoms with van der Waals surface area (Å²) in [5.74, 6) is 1.02. The van der Waals surface area contributed by atoms with Crippen LogP contribution in [0.2, 0.25) is 0 Å². The molecule has 148 valence electrons. The Hall–Kier alpha value is 0.1000. The summed E-state index contributed by atoms with van der Waals surface area (Å²) in [6.45, 7) is 3.60. The molecule has 2 fully saturated rings. The number of guanidine groups is 1. The van der Waals surface area contributed by atoms with Gasteiger partial charge < -0.3 is 10.6 Å². The number of hydrogen-bond donors (Lipinski definition) is 2. The fourth-order valence-corrected chi connectivity index (χ4v) is 4.27. The largest absolute Gasteiger partial charge is 0.401 e. The van der Waals surface area contributed by atoms with Crippen molar-refractivity contribution >= 4 is 41.7 Å². The number of thioether (sulfide) groups is 1. The first-order chi connectivity index (χ1) is 11.4. The number of aliphatic imine (C=N–C) groups is 1.